The summed E-state index contributed by atoms with van der Waals surface area (Å²) < 4.78 is 5.95. The summed E-state index contributed by atoms with van der Waals surface area (Å²) in [7, 11) is 1.90. The zero-order valence-electron chi connectivity index (χ0n) is 16.2. The van der Waals surface area contributed by atoms with Crippen LogP contribution in [-0.2, 0) is 28.9 Å². The molecule has 0 spiro atoms. The van der Waals surface area contributed by atoms with E-state index in [0.717, 1.165) is 30.9 Å². The molecule has 1 aliphatic heterocycles. The number of morpholine rings is 1. The number of thiazole rings is 1. The molecule has 1 saturated heterocycles. The summed E-state index contributed by atoms with van der Waals surface area (Å²) in [6.07, 6.45) is 3.59. The van der Waals surface area contributed by atoms with Crippen molar-refractivity contribution in [2.24, 2.45) is 0 Å². The van der Waals surface area contributed by atoms with Crippen molar-refractivity contribution >= 4 is 17.2 Å². The van der Waals surface area contributed by atoms with E-state index in [-0.39, 0.29) is 18.1 Å². The summed E-state index contributed by atoms with van der Waals surface area (Å²) in [5, 5.41) is 2.93. The summed E-state index contributed by atoms with van der Waals surface area (Å²) in [6, 6.07) is 8.48. The topological polar surface area (TPSA) is 45.7 Å². The van der Waals surface area contributed by atoms with Crippen molar-refractivity contribution in [2.45, 2.75) is 51.0 Å². The summed E-state index contributed by atoms with van der Waals surface area (Å²) in [5.41, 5.74) is 2.06. The van der Waals surface area contributed by atoms with Gasteiger partial charge in [0.2, 0.25) is 5.91 Å². The number of fused-ring (bicyclic) bond motifs is 1. The van der Waals surface area contributed by atoms with Gasteiger partial charge in [-0.3, -0.25) is 9.69 Å². The first-order chi connectivity index (χ1) is 13.0. The van der Waals surface area contributed by atoms with Gasteiger partial charge in [0.05, 0.1) is 18.8 Å². The predicted octanol–water partition coefficient (Wildman–Crippen LogP) is 2.75. The van der Waals surface area contributed by atoms with Crippen molar-refractivity contribution in [1.82, 2.24) is 14.8 Å². The van der Waals surface area contributed by atoms with Crippen LogP contribution in [0.3, 0.4) is 0 Å². The van der Waals surface area contributed by atoms with Crippen LogP contribution in [0.25, 0.3) is 0 Å². The average Bonchev–Trinajstić information content (AvgIpc) is 3.27. The van der Waals surface area contributed by atoms with Crippen molar-refractivity contribution in [3.8, 4) is 0 Å². The van der Waals surface area contributed by atoms with Crippen LogP contribution in [0.15, 0.2) is 35.8 Å². The van der Waals surface area contributed by atoms with Crippen LogP contribution in [-0.4, -0.2) is 58.6 Å². The van der Waals surface area contributed by atoms with E-state index < -0.39 is 5.54 Å². The monoisotopic (exact) mass is 385 g/mol. The van der Waals surface area contributed by atoms with Gasteiger partial charge in [0.25, 0.3) is 0 Å². The van der Waals surface area contributed by atoms with E-state index in [4.69, 9.17) is 4.74 Å². The molecule has 4 rings (SSSR count). The third kappa shape index (κ3) is 3.53. The molecule has 1 fully saturated rings. The van der Waals surface area contributed by atoms with Gasteiger partial charge in [-0.15, -0.1) is 11.3 Å². The molecule has 1 amide bonds. The molecule has 0 radical (unpaired) electrons. The van der Waals surface area contributed by atoms with Crippen molar-refractivity contribution in [2.75, 3.05) is 20.1 Å². The van der Waals surface area contributed by atoms with E-state index in [0.29, 0.717) is 6.54 Å². The normalized spacial score (nSPS) is 24.6. The Morgan fingerprint density at radius 2 is 1.89 bits per heavy atom. The second-order valence-electron chi connectivity index (χ2n) is 7.90. The van der Waals surface area contributed by atoms with Gasteiger partial charge in [0, 0.05) is 44.6 Å². The Morgan fingerprint density at radius 3 is 2.44 bits per heavy atom. The molecular formula is C21H27N3O2S. The molecule has 1 aromatic carbocycles. The van der Waals surface area contributed by atoms with Crippen LogP contribution in [0.2, 0.25) is 0 Å². The molecule has 2 atom stereocenters. The van der Waals surface area contributed by atoms with Gasteiger partial charge < -0.3 is 9.64 Å². The van der Waals surface area contributed by atoms with E-state index in [1.807, 2.05) is 17.3 Å². The summed E-state index contributed by atoms with van der Waals surface area (Å²) >= 11 is 1.60. The second-order valence-corrected chi connectivity index (χ2v) is 8.88. The molecule has 0 unspecified atom stereocenters. The van der Waals surface area contributed by atoms with E-state index in [2.05, 4.69) is 48.0 Å². The zero-order chi connectivity index (χ0) is 19.0. The van der Waals surface area contributed by atoms with Gasteiger partial charge in [-0.05, 0) is 25.0 Å². The molecule has 5 nitrogen and oxygen atoms in total. The van der Waals surface area contributed by atoms with Crippen molar-refractivity contribution < 1.29 is 9.53 Å². The van der Waals surface area contributed by atoms with Gasteiger partial charge in [0.1, 0.15) is 10.5 Å². The Balaban J connectivity index is 1.65. The number of likely N-dealkylation sites (N-methyl/N-ethyl adjacent to an activating group) is 1. The van der Waals surface area contributed by atoms with Crippen molar-refractivity contribution in [3.63, 3.8) is 0 Å². The van der Waals surface area contributed by atoms with Gasteiger partial charge >= 0.3 is 0 Å². The number of ether oxygens (including phenoxy) is 1. The minimum Gasteiger partial charge on any atom is -0.373 e. The molecule has 2 heterocycles. The lowest BCUT2D eigenvalue weighted by atomic mass is 9.89. The highest BCUT2D eigenvalue weighted by Crippen LogP contribution is 2.38. The second kappa shape index (κ2) is 7.34. The minimum absolute atomic E-state index is 0.131. The number of carbonyl (C=O) groups is 1. The molecule has 1 aromatic heterocycles. The van der Waals surface area contributed by atoms with Crippen LogP contribution in [0.4, 0.5) is 0 Å². The lowest BCUT2D eigenvalue weighted by molar-refractivity contribution is -0.153. The average molecular weight is 386 g/mol. The number of hydrogen-bond acceptors (Lipinski definition) is 5. The number of aromatic nitrogens is 1. The van der Waals surface area contributed by atoms with E-state index in [9.17, 15) is 4.79 Å². The fourth-order valence-corrected chi connectivity index (χ4v) is 5.26. The van der Waals surface area contributed by atoms with Gasteiger partial charge in [-0.1, -0.05) is 24.3 Å². The molecule has 144 valence electrons. The Bertz CT molecular complexity index is 773. The molecule has 1 aliphatic carbocycles. The first-order valence-electron chi connectivity index (χ1n) is 9.59. The van der Waals surface area contributed by atoms with Gasteiger partial charge in [0.15, 0.2) is 0 Å². The number of hydrogen-bond donors (Lipinski definition) is 0. The number of rotatable bonds is 4. The lowest BCUT2D eigenvalue weighted by Gasteiger charge is -2.47. The predicted molar refractivity (Wildman–Crippen MR) is 107 cm³/mol. The standard InChI is InChI=1S/C21H27N3O2S/c1-15-12-24(13-16(2)26-15)21(10-17-6-4-5-7-18(17)11-21)20(25)23(3)14-19-22-8-9-27-19/h4-9,15-16H,10-14H2,1-3H3/t15-,16+. The Kier molecular flexibility index (Phi) is 5.05. The van der Waals surface area contributed by atoms with E-state index >= 15 is 0 Å². The zero-order valence-corrected chi connectivity index (χ0v) is 17.0. The summed E-state index contributed by atoms with van der Waals surface area (Å²) in [4.78, 5) is 22.4. The lowest BCUT2D eigenvalue weighted by Crippen LogP contribution is -2.64. The van der Waals surface area contributed by atoms with Gasteiger partial charge in [-0.25, -0.2) is 4.98 Å². The van der Waals surface area contributed by atoms with E-state index in [1.165, 1.54) is 11.1 Å². The van der Waals surface area contributed by atoms with Crippen molar-refractivity contribution in [1.29, 1.82) is 0 Å². The molecule has 0 bridgehead atoms. The maximum Gasteiger partial charge on any atom is 0.243 e. The SMILES string of the molecule is C[C@@H]1CN(C2(C(=O)N(C)Cc3nccs3)Cc3ccccc3C2)C[C@H](C)O1. The Morgan fingerprint density at radius 1 is 1.26 bits per heavy atom. The first-order valence-corrected chi connectivity index (χ1v) is 10.5. The molecule has 6 heteroatoms. The maximum absolute atomic E-state index is 13.8. The summed E-state index contributed by atoms with van der Waals surface area (Å²) in [6.45, 7) is 6.33. The number of benzene rings is 1. The van der Waals surface area contributed by atoms with Crippen LogP contribution < -0.4 is 0 Å². The van der Waals surface area contributed by atoms with Crippen LogP contribution in [0.1, 0.15) is 30.0 Å². The van der Waals surface area contributed by atoms with Gasteiger partial charge in [-0.2, -0.15) is 0 Å². The fraction of sp³-hybridized carbons (Fsp3) is 0.524. The Labute approximate surface area is 165 Å². The number of carbonyl (C=O) groups excluding carboxylic acids is 1. The maximum atomic E-state index is 13.8. The highest BCUT2D eigenvalue weighted by Gasteiger charge is 2.51. The van der Waals surface area contributed by atoms with Crippen LogP contribution >= 0.6 is 11.3 Å². The number of nitrogens with zero attached hydrogens (tertiary/aromatic N) is 3. The Hall–Kier alpha value is -1.76. The quantitative estimate of drug-likeness (QED) is 0.812. The minimum atomic E-state index is -0.526. The molecule has 0 saturated carbocycles. The third-order valence-corrected chi connectivity index (χ3v) is 6.47. The van der Waals surface area contributed by atoms with Crippen molar-refractivity contribution in [3.05, 3.63) is 52.0 Å². The smallest absolute Gasteiger partial charge is 0.243 e. The largest absolute Gasteiger partial charge is 0.373 e. The first kappa shape index (κ1) is 18.6. The summed E-state index contributed by atoms with van der Waals surface area (Å²) in [5.74, 6) is 0.190. The van der Waals surface area contributed by atoms with E-state index in [1.54, 1.807) is 17.5 Å². The molecule has 0 N–H and O–H groups in total. The molecular weight excluding hydrogens is 358 g/mol. The fourth-order valence-electron chi connectivity index (χ4n) is 4.59. The molecule has 2 aliphatic rings. The highest BCUT2D eigenvalue weighted by molar-refractivity contribution is 7.09. The van der Waals surface area contributed by atoms with Crippen LogP contribution in [0.5, 0.6) is 0 Å². The number of amides is 1. The molecule has 27 heavy (non-hydrogen) atoms. The molecule has 2 aromatic rings. The van der Waals surface area contributed by atoms with Crippen LogP contribution in [0, 0.1) is 0 Å². The third-order valence-electron chi connectivity index (χ3n) is 5.71. The highest BCUT2D eigenvalue weighted by atomic mass is 32.1.